The number of halogens is 1. The minimum absolute atomic E-state index is 0.200. The molecule has 2 aromatic rings. The summed E-state index contributed by atoms with van der Waals surface area (Å²) in [5, 5.41) is 2.81. The molecule has 2 aromatic carbocycles. The molecule has 0 saturated carbocycles. The van der Waals surface area contributed by atoms with E-state index in [1.54, 1.807) is 19.1 Å². The van der Waals surface area contributed by atoms with Crippen LogP contribution in [0.25, 0.3) is 0 Å². The van der Waals surface area contributed by atoms with Gasteiger partial charge >= 0.3 is 5.97 Å². The molecule has 2 atom stereocenters. The summed E-state index contributed by atoms with van der Waals surface area (Å²) in [4.78, 5) is 34.3. The summed E-state index contributed by atoms with van der Waals surface area (Å²) < 4.78 is 18.3. The fourth-order valence-electron chi connectivity index (χ4n) is 3.94. The number of rotatable bonds is 4. The third-order valence-electron chi connectivity index (χ3n) is 5.55. The monoisotopic (exact) mass is 424 g/mol. The molecule has 0 radical (unpaired) electrons. The van der Waals surface area contributed by atoms with Crippen LogP contribution in [0.1, 0.15) is 18.5 Å². The van der Waals surface area contributed by atoms with Crippen LogP contribution in [0.3, 0.4) is 0 Å². The summed E-state index contributed by atoms with van der Waals surface area (Å²) >= 11 is 0. The number of carbonyl (C=O) groups is 2. The lowest BCUT2D eigenvalue weighted by molar-refractivity contribution is -0.153. The normalized spacial score (nSPS) is 21.4. The molecule has 1 fully saturated rings. The van der Waals surface area contributed by atoms with Crippen molar-refractivity contribution in [1.82, 2.24) is 10.2 Å². The largest absolute Gasteiger partial charge is 0.465 e. The van der Waals surface area contributed by atoms with Gasteiger partial charge in [0.05, 0.1) is 6.61 Å². The summed E-state index contributed by atoms with van der Waals surface area (Å²) in [5.41, 5.74) is 1.75. The van der Waals surface area contributed by atoms with Crippen LogP contribution in [0.5, 0.6) is 0 Å². The molecular formula is C23H25FN4O3. The standard InChI is InChI=1S/C23H25FN4O3/c1-2-31-22(30)19-20(16-6-4-3-5-7-16)25-23(26-21(19)29)28-14-12-27(13-15-28)18-10-8-17(24)9-11-18/h3-11,19-20H,2,12-15H2,1H3,(H,25,26,29)/t19-,20-/m1/s1. The summed E-state index contributed by atoms with van der Waals surface area (Å²) in [5.74, 6) is -1.79. The molecule has 7 nitrogen and oxygen atoms in total. The van der Waals surface area contributed by atoms with Crippen LogP contribution in [0.2, 0.25) is 0 Å². The van der Waals surface area contributed by atoms with E-state index < -0.39 is 23.8 Å². The minimum Gasteiger partial charge on any atom is -0.465 e. The van der Waals surface area contributed by atoms with Gasteiger partial charge in [-0.2, -0.15) is 0 Å². The summed E-state index contributed by atoms with van der Waals surface area (Å²) in [6, 6.07) is 15.1. The molecule has 2 heterocycles. The number of anilines is 1. The van der Waals surface area contributed by atoms with Crippen molar-refractivity contribution in [3.63, 3.8) is 0 Å². The van der Waals surface area contributed by atoms with Gasteiger partial charge in [0.15, 0.2) is 5.92 Å². The van der Waals surface area contributed by atoms with E-state index in [0.717, 1.165) is 11.3 Å². The third kappa shape index (κ3) is 4.52. The topological polar surface area (TPSA) is 74.2 Å². The zero-order valence-electron chi connectivity index (χ0n) is 17.3. The number of hydrogen-bond donors (Lipinski definition) is 1. The molecule has 0 aromatic heterocycles. The lowest BCUT2D eigenvalue weighted by Crippen LogP contribution is -2.57. The van der Waals surface area contributed by atoms with Gasteiger partial charge in [0.25, 0.3) is 0 Å². The van der Waals surface area contributed by atoms with E-state index in [2.05, 4.69) is 10.2 Å². The molecule has 8 heteroatoms. The smallest absolute Gasteiger partial charge is 0.321 e. The van der Waals surface area contributed by atoms with Gasteiger partial charge in [-0.3, -0.25) is 14.9 Å². The van der Waals surface area contributed by atoms with Gasteiger partial charge in [0, 0.05) is 31.9 Å². The minimum atomic E-state index is -1.02. The van der Waals surface area contributed by atoms with Crippen molar-refractivity contribution in [3.8, 4) is 0 Å². The Balaban J connectivity index is 1.53. The number of amides is 1. The first-order chi connectivity index (χ1) is 15.1. The molecule has 0 aliphatic carbocycles. The van der Waals surface area contributed by atoms with E-state index in [1.807, 2.05) is 35.2 Å². The Hall–Kier alpha value is -3.42. The van der Waals surface area contributed by atoms with Crippen molar-refractivity contribution < 1.29 is 18.7 Å². The molecule has 0 spiro atoms. The Morgan fingerprint density at radius 1 is 1.06 bits per heavy atom. The van der Waals surface area contributed by atoms with Gasteiger partial charge < -0.3 is 14.5 Å². The highest BCUT2D eigenvalue weighted by Gasteiger charge is 2.42. The van der Waals surface area contributed by atoms with Gasteiger partial charge in [-0.05, 0) is 36.8 Å². The van der Waals surface area contributed by atoms with Gasteiger partial charge in [-0.25, -0.2) is 9.38 Å². The summed E-state index contributed by atoms with van der Waals surface area (Å²) in [7, 11) is 0. The maximum Gasteiger partial charge on any atom is 0.321 e. The number of guanidine groups is 1. The van der Waals surface area contributed by atoms with Crippen LogP contribution >= 0.6 is 0 Å². The average molecular weight is 424 g/mol. The molecule has 31 heavy (non-hydrogen) atoms. The molecule has 0 unspecified atom stereocenters. The van der Waals surface area contributed by atoms with Crippen LogP contribution in [-0.4, -0.2) is 55.5 Å². The highest BCUT2D eigenvalue weighted by Crippen LogP contribution is 2.31. The van der Waals surface area contributed by atoms with Gasteiger partial charge in [0.2, 0.25) is 11.9 Å². The van der Waals surface area contributed by atoms with Crippen LogP contribution in [0, 0.1) is 11.7 Å². The summed E-state index contributed by atoms with van der Waals surface area (Å²) in [6.45, 7) is 4.61. The summed E-state index contributed by atoms with van der Waals surface area (Å²) in [6.07, 6.45) is 0. The Kier molecular flexibility index (Phi) is 6.16. The second-order valence-electron chi connectivity index (χ2n) is 7.48. The van der Waals surface area contributed by atoms with Crippen molar-refractivity contribution in [3.05, 3.63) is 66.0 Å². The molecule has 2 aliphatic rings. The highest BCUT2D eigenvalue weighted by atomic mass is 19.1. The number of esters is 1. The number of hydrogen-bond acceptors (Lipinski definition) is 6. The first kappa shape index (κ1) is 20.8. The van der Waals surface area contributed by atoms with Crippen molar-refractivity contribution in [2.75, 3.05) is 37.7 Å². The number of carbonyl (C=O) groups excluding carboxylic acids is 2. The predicted molar refractivity (Wildman–Crippen MR) is 115 cm³/mol. The lowest BCUT2D eigenvalue weighted by atomic mass is 9.91. The Morgan fingerprint density at radius 2 is 1.71 bits per heavy atom. The molecule has 1 amide bonds. The number of aliphatic imine (C=N–C) groups is 1. The van der Waals surface area contributed by atoms with Crippen molar-refractivity contribution >= 4 is 23.5 Å². The van der Waals surface area contributed by atoms with Crippen molar-refractivity contribution in [2.45, 2.75) is 13.0 Å². The van der Waals surface area contributed by atoms with Crippen molar-refractivity contribution in [2.24, 2.45) is 10.9 Å². The molecule has 162 valence electrons. The Labute approximate surface area is 180 Å². The van der Waals surface area contributed by atoms with Crippen LogP contribution in [0.4, 0.5) is 10.1 Å². The number of piperazine rings is 1. The Bertz CT molecular complexity index is 957. The van der Waals surface area contributed by atoms with Crippen LogP contribution < -0.4 is 10.2 Å². The molecular weight excluding hydrogens is 399 g/mol. The fraction of sp³-hybridized carbons (Fsp3) is 0.348. The maximum atomic E-state index is 13.2. The number of nitrogens with zero attached hydrogens (tertiary/aromatic N) is 3. The fourth-order valence-corrected chi connectivity index (χ4v) is 3.94. The number of benzene rings is 2. The Morgan fingerprint density at radius 3 is 2.35 bits per heavy atom. The molecule has 4 rings (SSSR count). The molecule has 0 bridgehead atoms. The van der Waals surface area contributed by atoms with Crippen molar-refractivity contribution in [1.29, 1.82) is 0 Å². The number of nitrogens with one attached hydrogen (secondary N) is 1. The third-order valence-corrected chi connectivity index (χ3v) is 5.55. The zero-order valence-corrected chi connectivity index (χ0v) is 17.3. The zero-order chi connectivity index (χ0) is 21.8. The highest BCUT2D eigenvalue weighted by molar-refractivity contribution is 6.08. The van der Waals surface area contributed by atoms with E-state index in [4.69, 9.17) is 9.73 Å². The maximum absolute atomic E-state index is 13.2. The second-order valence-corrected chi connectivity index (χ2v) is 7.48. The van der Waals surface area contributed by atoms with Gasteiger partial charge in [0.1, 0.15) is 11.9 Å². The number of ether oxygens (including phenoxy) is 1. The first-order valence-electron chi connectivity index (χ1n) is 10.4. The van der Waals surface area contributed by atoms with E-state index in [9.17, 15) is 14.0 Å². The lowest BCUT2D eigenvalue weighted by Gasteiger charge is -2.39. The van der Waals surface area contributed by atoms with E-state index in [-0.39, 0.29) is 12.4 Å². The molecule has 1 N–H and O–H groups in total. The van der Waals surface area contributed by atoms with Crippen LogP contribution in [-0.2, 0) is 14.3 Å². The second kappa shape index (κ2) is 9.16. The molecule has 1 saturated heterocycles. The SMILES string of the molecule is CCOC(=O)[C@H]1C(=O)NC(N2CCN(c3ccc(F)cc3)CC2)=N[C@@H]1c1ccccc1. The predicted octanol–water partition coefficient (Wildman–Crippen LogP) is 2.35. The average Bonchev–Trinajstić information content (AvgIpc) is 2.80. The van der Waals surface area contributed by atoms with Crippen LogP contribution in [0.15, 0.2) is 59.6 Å². The van der Waals surface area contributed by atoms with Gasteiger partial charge in [-0.1, -0.05) is 30.3 Å². The molecule has 2 aliphatic heterocycles. The van der Waals surface area contributed by atoms with E-state index in [1.165, 1.54) is 12.1 Å². The first-order valence-corrected chi connectivity index (χ1v) is 10.4. The van der Waals surface area contributed by atoms with E-state index >= 15 is 0 Å². The quantitative estimate of drug-likeness (QED) is 0.603. The van der Waals surface area contributed by atoms with E-state index in [0.29, 0.717) is 32.1 Å². The van der Waals surface area contributed by atoms with Gasteiger partial charge in [-0.15, -0.1) is 0 Å².